The SMILES string of the molecule is Cc1ccc(C(C#N)NC(=O)c2ccccc2)cc1. The van der Waals surface area contributed by atoms with Gasteiger partial charge in [-0.05, 0) is 24.6 Å². The van der Waals surface area contributed by atoms with Gasteiger partial charge >= 0.3 is 0 Å². The van der Waals surface area contributed by atoms with Crippen LogP contribution in [-0.2, 0) is 0 Å². The first kappa shape index (κ1) is 12.8. The maximum atomic E-state index is 12.0. The topological polar surface area (TPSA) is 52.9 Å². The quantitative estimate of drug-likeness (QED) is 0.910. The van der Waals surface area contributed by atoms with Crippen molar-refractivity contribution in [3.8, 4) is 6.07 Å². The van der Waals surface area contributed by atoms with E-state index in [1.807, 2.05) is 37.3 Å². The summed E-state index contributed by atoms with van der Waals surface area (Å²) < 4.78 is 0. The lowest BCUT2D eigenvalue weighted by Gasteiger charge is -2.12. The van der Waals surface area contributed by atoms with E-state index in [-0.39, 0.29) is 5.91 Å². The van der Waals surface area contributed by atoms with Crippen molar-refractivity contribution in [2.45, 2.75) is 13.0 Å². The van der Waals surface area contributed by atoms with Gasteiger partial charge in [-0.2, -0.15) is 5.26 Å². The highest BCUT2D eigenvalue weighted by Gasteiger charge is 2.14. The summed E-state index contributed by atoms with van der Waals surface area (Å²) in [6.45, 7) is 1.98. The number of carbonyl (C=O) groups excluding carboxylic acids is 1. The molecule has 19 heavy (non-hydrogen) atoms. The van der Waals surface area contributed by atoms with E-state index in [2.05, 4.69) is 11.4 Å². The zero-order chi connectivity index (χ0) is 13.7. The summed E-state index contributed by atoms with van der Waals surface area (Å²) in [7, 11) is 0. The molecule has 0 saturated carbocycles. The molecule has 1 amide bonds. The van der Waals surface area contributed by atoms with Gasteiger partial charge in [-0.15, -0.1) is 0 Å². The number of benzene rings is 2. The van der Waals surface area contributed by atoms with Gasteiger partial charge in [0.2, 0.25) is 0 Å². The van der Waals surface area contributed by atoms with Gasteiger partial charge in [0.25, 0.3) is 5.91 Å². The van der Waals surface area contributed by atoms with Crippen LogP contribution in [0.3, 0.4) is 0 Å². The number of hydrogen-bond donors (Lipinski definition) is 1. The molecule has 0 spiro atoms. The molecule has 0 bridgehead atoms. The first-order chi connectivity index (χ1) is 9.20. The summed E-state index contributed by atoms with van der Waals surface area (Å²) in [6, 6.07) is 17.9. The zero-order valence-corrected chi connectivity index (χ0v) is 10.6. The molecular weight excluding hydrogens is 236 g/mol. The fraction of sp³-hybridized carbons (Fsp3) is 0.125. The fourth-order valence-electron chi connectivity index (χ4n) is 1.75. The second-order valence-corrected chi connectivity index (χ2v) is 4.31. The van der Waals surface area contributed by atoms with E-state index >= 15 is 0 Å². The first-order valence-electron chi connectivity index (χ1n) is 6.03. The smallest absolute Gasteiger partial charge is 0.252 e. The minimum absolute atomic E-state index is 0.243. The molecule has 2 aromatic rings. The van der Waals surface area contributed by atoms with Crippen molar-refractivity contribution in [2.75, 3.05) is 0 Å². The predicted molar refractivity (Wildman–Crippen MR) is 73.4 cm³/mol. The third-order valence-corrected chi connectivity index (χ3v) is 2.85. The van der Waals surface area contributed by atoms with Crippen LogP contribution < -0.4 is 5.32 Å². The highest BCUT2D eigenvalue weighted by molar-refractivity contribution is 5.94. The third-order valence-electron chi connectivity index (χ3n) is 2.85. The maximum Gasteiger partial charge on any atom is 0.252 e. The van der Waals surface area contributed by atoms with Gasteiger partial charge in [-0.1, -0.05) is 48.0 Å². The molecule has 94 valence electrons. The highest BCUT2D eigenvalue weighted by atomic mass is 16.1. The van der Waals surface area contributed by atoms with E-state index in [9.17, 15) is 10.1 Å². The second-order valence-electron chi connectivity index (χ2n) is 4.31. The summed E-state index contributed by atoms with van der Waals surface area (Å²) in [4.78, 5) is 12.0. The summed E-state index contributed by atoms with van der Waals surface area (Å²) in [5.74, 6) is -0.243. The van der Waals surface area contributed by atoms with Gasteiger partial charge in [0.15, 0.2) is 0 Å². The van der Waals surface area contributed by atoms with Crippen LogP contribution in [0.25, 0.3) is 0 Å². The Labute approximate surface area is 112 Å². The Morgan fingerprint density at radius 2 is 1.74 bits per heavy atom. The number of nitrogens with one attached hydrogen (secondary N) is 1. The van der Waals surface area contributed by atoms with Crippen molar-refractivity contribution in [2.24, 2.45) is 0 Å². The van der Waals surface area contributed by atoms with Crippen molar-refractivity contribution in [1.29, 1.82) is 5.26 Å². The number of aryl methyl sites for hydroxylation is 1. The van der Waals surface area contributed by atoms with Crippen LogP contribution in [0.5, 0.6) is 0 Å². The largest absolute Gasteiger partial charge is 0.333 e. The summed E-state index contributed by atoms with van der Waals surface area (Å²) in [6.07, 6.45) is 0. The lowest BCUT2D eigenvalue weighted by molar-refractivity contribution is 0.0945. The van der Waals surface area contributed by atoms with E-state index in [1.165, 1.54) is 0 Å². The summed E-state index contributed by atoms with van der Waals surface area (Å²) in [5.41, 5.74) is 2.46. The highest BCUT2D eigenvalue weighted by Crippen LogP contribution is 2.14. The zero-order valence-electron chi connectivity index (χ0n) is 10.6. The molecular formula is C16H14N2O. The Morgan fingerprint density at radius 1 is 1.11 bits per heavy atom. The molecule has 1 atom stereocenters. The van der Waals surface area contributed by atoms with Gasteiger partial charge in [-0.25, -0.2) is 0 Å². The van der Waals surface area contributed by atoms with Crippen LogP contribution in [0.1, 0.15) is 27.5 Å². The van der Waals surface area contributed by atoms with Gasteiger partial charge in [-0.3, -0.25) is 4.79 Å². The van der Waals surface area contributed by atoms with Gasteiger partial charge < -0.3 is 5.32 Å². The van der Waals surface area contributed by atoms with Gasteiger partial charge in [0.05, 0.1) is 6.07 Å². The number of amides is 1. The van der Waals surface area contributed by atoms with Crippen LogP contribution in [0.2, 0.25) is 0 Å². The van der Waals surface area contributed by atoms with Crippen molar-refractivity contribution < 1.29 is 4.79 Å². The monoisotopic (exact) mass is 250 g/mol. The number of rotatable bonds is 3. The third kappa shape index (κ3) is 3.20. The molecule has 0 aliphatic carbocycles. The molecule has 1 unspecified atom stereocenters. The maximum absolute atomic E-state index is 12.0. The van der Waals surface area contributed by atoms with E-state index in [1.54, 1.807) is 24.3 Å². The predicted octanol–water partition coefficient (Wildman–Crippen LogP) is 2.99. The number of carbonyl (C=O) groups is 1. The Hall–Kier alpha value is -2.60. The standard InChI is InChI=1S/C16H14N2O/c1-12-7-9-13(10-8-12)15(11-17)18-16(19)14-5-3-2-4-6-14/h2-10,15H,1H3,(H,18,19). The Bertz CT molecular complexity index is 597. The van der Waals surface area contributed by atoms with E-state index < -0.39 is 6.04 Å². The van der Waals surface area contributed by atoms with Crippen LogP contribution in [0.4, 0.5) is 0 Å². The lowest BCUT2D eigenvalue weighted by Crippen LogP contribution is -2.27. The minimum Gasteiger partial charge on any atom is -0.333 e. The number of hydrogen-bond acceptors (Lipinski definition) is 2. The molecule has 3 heteroatoms. The average Bonchev–Trinajstić information content (AvgIpc) is 2.46. The molecule has 0 fully saturated rings. The molecule has 2 rings (SSSR count). The molecule has 1 N–H and O–H groups in total. The number of nitrogens with zero attached hydrogens (tertiary/aromatic N) is 1. The van der Waals surface area contributed by atoms with Crippen LogP contribution in [0, 0.1) is 18.3 Å². The molecule has 0 radical (unpaired) electrons. The first-order valence-corrected chi connectivity index (χ1v) is 6.03. The van der Waals surface area contributed by atoms with Crippen molar-refractivity contribution in [1.82, 2.24) is 5.32 Å². The van der Waals surface area contributed by atoms with Crippen LogP contribution in [-0.4, -0.2) is 5.91 Å². The molecule has 2 aromatic carbocycles. The van der Waals surface area contributed by atoms with Gasteiger partial charge in [0.1, 0.15) is 6.04 Å². The Kier molecular flexibility index (Phi) is 3.94. The molecule has 0 aliphatic rings. The van der Waals surface area contributed by atoms with Crippen molar-refractivity contribution in [3.63, 3.8) is 0 Å². The normalized spacial score (nSPS) is 11.4. The molecule has 0 aromatic heterocycles. The van der Waals surface area contributed by atoms with Gasteiger partial charge in [0, 0.05) is 5.56 Å². The van der Waals surface area contributed by atoms with Crippen molar-refractivity contribution >= 4 is 5.91 Å². The fourth-order valence-corrected chi connectivity index (χ4v) is 1.75. The van der Waals surface area contributed by atoms with E-state index in [0.29, 0.717) is 5.56 Å². The Balaban J connectivity index is 2.14. The molecule has 0 saturated heterocycles. The molecule has 0 aliphatic heterocycles. The Morgan fingerprint density at radius 3 is 2.32 bits per heavy atom. The minimum atomic E-state index is -0.631. The summed E-state index contributed by atoms with van der Waals surface area (Å²) >= 11 is 0. The van der Waals surface area contributed by atoms with E-state index in [4.69, 9.17) is 0 Å². The van der Waals surface area contributed by atoms with Crippen LogP contribution in [0.15, 0.2) is 54.6 Å². The lowest BCUT2D eigenvalue weighted by atomic mass is 10.1. The van der Waals surface area contributed by atoms with Crippen molar-refractivity contribution in [3.05, 3.63) is 71.3 Å². The summed E-state index contributed by atoms with van der Waals surface area (Å²) in [5, 5.41) is 11.9. The average molecular weight is 250 g/mol. The number of nitriles is 1. The second kappa shape index (κ2) is 5.83. The van der Waals surface area contributed by atoms with Crippen LogP contribution >= 0.6 is 0 Å². The molecule has 0 heterocycles. The van der Waals surface area contributed by atoms with E-state index in [0.717, 1.165) is 11.1 Å². The molecule has 3 nitrogen and oxygen atoms in total.